The molecule has 2 rings (SSSR count). The highest BCUT2D eigenvalue weighted by Gasteiger charge is 2.12. The number of guanidine groups is 1. The lowest BCUT2D eigenvalue weighted by atomic mass is 10.1. The van der Waals surface area contributed by atoms with Crippen molar-refractivity contribution in [1.82, 2.24) is 15.4 Å². The van der Waals surface area contributed by atoms with E-state index in [0.717, 1.165) is 12.1 Å². The predicted octanol–water partition coefficient (Wildman–Crippen LogP) is 3.31. The van der Waals surface area contributed by atoms with Crippen LogP contribution in [0.3, 0.4) is 0 Å². The molecule has 6 nitrogen and oxygen atoms in total. The monoisotopic (exact) mass is 536 g/mol. The topological polar surface area (TPSA) is 82.6 Å². The summed E-state index contributed by atoms with van der Waals surface area (Å²) in [7, 11) is -3.49. The molecule has 28 heavy (non-hydrogen) atoms. The van der Waals surface area contributed by atoms with Gasteiger partial charge in [0.25, 0.3) is 0 Å². The highest BCUT2D eigenvalue weighted by Crippen LogP contribution is 2.18. The molecule has 0 radical (unpaired) electrons. The summed E-state index contributed by atoms with van der Waals surface area (Å²) < 4.78 is 27.2. The van der Waals surface area contributed by atoms with Gasteiger partial charge in [-0.3, -0.25) is 4.99 Å². The Labute approximate surface area is 189 Å². The van der Waals surface area contributed by atoms with Crippen molar-refractivity contribution in [2.45, 2.75) is 31.6 Å². The maximum atomic E-state index is 12.3. The fourth-order valence-corrected chi connectivity index (χ4v) is 4.21. The molecular formula is C19H29IN4O2S2. The lowest BCUT2D eigenvalue weighted by molar-refractivity contribution is 0.580. The first-order valence-corrected chi connectivity index (χ1v) is 11.5. The van der Waals surface area contributed by atoms with Crippen molar-refractivity contribution in [1.29, 1.82) is 0 Å². The van der Waals surface area contributed by atoms with Crippen LogP contribution in [0, 0.1) is 6.92 Å². The van der Waals surface area contributed by atoms with Gasteiger partial charge in [-0.1, -0.05) is 24.6 Å². The quantitative estimate of drug-likeness (QED) is 0.199. The molecule has 0 saturated carbocycles. The minimum Gasteiger partial charge on any atom is -0.357 e. The molecule has 156 valence electrons. The fourth-order valence-electron chi connectivity index (χ4n) is 2.40. The third kappa shape index (κ3) is 8.06. The van der Waals surface area contributed by atoms with Gasteiger partial charge >= 0.3 is 0 Å². The Hall–Kier alpha value is -1.17. The summed E-state index contributed by atoms with van der Waals surface area (Å²) in [5.41, 5.74) is 2.31. The Morgan fingerprint density at radius 2 is 1.86 bits per heavy atom. The molecule has 1 unspecified atom stereocenters. The average molecular weight is 537 g/mol. The van der Waals surface area contributed by atoms with Gasteiger partial charge in [0.15, 0.2) is 5.96 Å². The smallest absolute Gasteiger partial charge is 0.240 e. The zero-order valence-corrected chi connectivity index (χ0v) is 20.4. The fraction of sp³-hybridized carbons (Fsp3) is 0.421. The normalized spacial score (nSPS) is 12.9. The van der Waals surface area contributed by atoms with Crippen LogP contribution in [-0.4, -0.2) is 40.6 Å². The van der Waals surface area contributed by atoms with Gasteiger partial charge in [-0.2, -0.15) is 11.3 Å². The number of nitrogens with one attached hydrogen (secondary N) is 3. The summed E-state index contributed by atoms with van der Waals surface area (Å²) in [6.07, 6.45) is 0. The zero-order valence-electron chi connectivity index (χ0n) is 16.4. The van der Waals surface area contributed by atoms with Gasteiger partial charge in [0.1, 0.15) is 0 Å². The molecule has 0 aliphatic heterocycles. The second-order valence-electron chi connectivity index (χ2n) is 6.31. The summed E-state index contributed by atoms with van der Waals surface area (Å²) in [4.78, 5) is 4.87. The van der Waals surface area contributed by atoms with Crippen LogP contribution >= 0.6 is 35.3 Å². The number of aliphatic imine (C=N–C) groups is 1. The molecule has 0 spiro atoms. The molecule has 9 heteroatoms. The van der Waals surface area contributed by atoms with Crippen LogP contribution in [0.1, 0.15) is 30.9 Å². The van der Waals surface area contributed by atoms with Gasteiger partial charge in [-0.15, -0.1) is 24.0 Å². The second kappa shape index (κ2) is 12.4. The number of rotatable bonds is 9. The lowest BCUT2D eigenvalue weighted by Gasteiger charge is -2.13. The van der Waals surface area contributed by atoms with Crippen molar-refractivity contribution in [3.05, 3.63) is 52.2 Å². The molecule has 3 N–H and O–H groups in total. The highest BCUT2D eigenvalue weighted by atomic mass is 127. The van der Waals surface area contributed by atoms with Gasteiger partial charge < -0.3 is 10.6 Å². The first-order chi connectivity index (χ1) is 12.9. The lowest BCUT2D eigenvalue weighted by Crippen LogP contribution is -2.41. The molecule has 0 fully saturated rings. The summed E-state index contributed by atoms with van der Waals surface area (Å²) in [6.45, 7) is 8.21. The largest absolute Gasteiger partial charge is 0.357 e. The SMILES string of the molecule is CCNC(=NCC(C)c1ccsc1)NCCNS(=O)(=O)c1ccc(C)cc1.I. The summed E-state index contributed by atoms with van der Waals surface area (Å²) in [5.74, 6) is 1.03. The van der Waals surface area contributed by atoms with Crippen molar-refractivity contribution in [2.24, 2.45) is 4.99 Å². The van der Waals surface area contributed by atoms with E-state index in [1.54, 1.807) is 35.6 Å². The molecule has 0 amide bonds. The molecule has 0 bridgehead atoms. The van der Waals surface area contributed by atoms with Crippen LogP contribution in [0.25, 0.3) is 0 Å². The van der Waals surface area contributed by atoms with E-state index >= 15 is 0 Å². The first kappa shape index (κ1) is 24.9. The molecular weight excluding hydrogens is 507 g/mol. The van der Waals surface area contributed by atoms with E-state index in [2.05, 4.69) is 44.1 Å². The van der Waals surface area contributed by atoms with Crippen LogP contribution in [-0.2, 0) is 10.0 Å². The third-order valence-electron chi connectivity index (χ3n) is 4.02. The highest BCUT2D eigenvalue weighted by molar-refractivity contribution is 14.0. The molecule has 1 atom stereocenters. The van der Waals surface area contributed by atoms with Crippen LogP contribution in [0.15, 0.2) is 51.0 Å². The number of halogens is 1. The predicted molar refractivity (Wildman–Crippen MR) is 128 cm³/mol. The van der Waals surface area contributed by atoms with E-state index in [4.69, 9.17) is 0 Å². The number of nitrogens with zero attached hydrogens (tertiary/aromatic N) is 1. The Morgan fingerprint density at radius 3 is 2.46 bits per heavy atom. The Kier molecular flexibility index (Phi) is 11.0. The van der Waals surface area contributed by atoms with Crippen LogP contribution in [0.5, 0.6) is 0 Å². The Balaban J connectivity index is 0.00000392. The van der Waals surface area contributed by atoms with Crippen LogP contribution in [0.4, 0.5) is 0 Å². The van der Waals surface area contributed by atoms with Gasteiger partial charge in [0.05, 0.1) is 4.90 Å². The van der Waals surface area contributed by atoms with E-state index in [-0.39, 0.29) is 35.4 Å². The van der Waals surface area contributed by atoms with Crippen molar-refractivity contribution >= 4 is 51.3 Å². The van der Waals surface area contributed by atoms with Gasteiger partial charge in [-0.25, -0.2) is 13.1 Å². The molecule has 1 aromatic carbocycles. The second-order valence-corrected chi connectivity index (χ2v) is 8.86. The van der Waals surface area contributed by atoms with Crippen LogP contribution < -0.4 is 15.4 Å². The minimum atomic E-state index is -3.49. The van der Waals surface area contributed by atoms with Gasteiger partial charge in [0.2, 0.25) is 10.0 Å². The van der Waals surface area contributed by atoms with E-state index in [1.165, 1.54) is 5.56 Å². The Morgan fingerprint density at radius 1 is 1.14 bits per heavy atom. The third-order valence-corrected chi connectivity index (χ3v) is 6.20. The number of sulfonamides is 1. The number of hydrogen-bond acceptors (Lipinski definition) is 4. The Bertz CT molecular complexity index is 822. The summed E-state index contributed by atoms with van der Waals surface area (Å²) in [6, 6.07) is 8.92. The molecule has 0 aliphatic carbocycles. The molecule has 0 aliphatic rings. The van der Waals surface area contributed by atoms with Gasteiger partial charge in [0, 0.05) is 32.1 Å². The standard InChI is InChI=1S/C19H28N4O2S2.HI/c1-4-20-19(22-13-16(3)17-9-12-26-14-17)21-10-11-23-27(24,25)18-7-5-15(2)6-8-18;/h5-9,12,14,16,23H,4,10-11,13H2,1-3H3,(H2,20,21,22);1H. The number of thiophene rings is 1. The molecule has 1 aromatic heterocycles. The first-order valence-electron chi connectivity index (χ1n) is 9.03. The van der Waals surface area contributed by atoms with Crippen molar-refractivity contribution in [3.8, 4) is 0 Å². The summed E-state index contributed by atoms with van der Waals surface area (Å²) in [5, 5.41) is 10.6. The van der Waals surface area contributed by atoms with Crippen LogP contribution in [0.2, 0.25) is 0 Å². The maximum Gasteiger partial charge on any atom is 0.240 e. The molecule has 0 saturated heterocycles. The van der Waals surface area contributed by atoms with E-state index in [9.17, 15) is 8.42 Å². The van der Waals surface area contributed by atoms with E-state index in [1.807, 2.05) is 13.8 Å². The van der Waals surface area contributed by atoms with E-state index in [0.29, 0.717) is 25.0 Å². The van der Waals surface area contributed by atoms with Crippen molar-refractivity contribution in [3.63, 3.8) is 0 Å². The number of aryl methyl sites for hydroxylation is 1. The summed E-state index contributed by atoms with van der Waals surface area (Å²) >= 11 is 1.69. The number of hydrogen-bond donors (Lipinski definition) is 3. The zero-order chi connectivity index (χ0) is 19.7. The maximum absolute atomic E-state index is 12.3. The van der Waals surface area contributed by atoms with E-state index < -0.39 is 10.0 Å². The number of benzene rings is 1. The molecule has 2 aromatic rings. The molecule has 1 heterocycles. The van der Waals surface area contributed by atoms with Gasteiger partial charge in [-0.05, 0) is 48.4 Å². The minimum absolute atomic E-state index is 0. The average Bonchev–Trinajstić information content (AvgIpc) is 3.18. The van der Waals surface area contributed by atoms with Crippen molar-refractivity contribution < 1.29 is 8.42 Å². The van der Waals surface area contributed by atoms with Crippen molar-refractivity contribution in [2.75, 3.05) is 26.2 Å².